The number of fused-ring (bicyclic) bond motifs is 4. The zero-order chi connectivity index (χ0) is 72.4. The Hall–Kier alpha value is -7.86. The molecule has 21 heteroatoms. The largest absolute Gasteiger partial charge is 0.368 e. The predicted molar refractivity (Wildman–Crippen MR) is 387 cm³/mol. The maximum atomic E-state index is 12.7. The lowest BCUT2D eigenvalue weighted by Gasteiger charge is -2.54. The van der Waals surface area contributed by atoms with Crippen molar-refractivity contribution in [3.05, 3.63) is 323 Å². The maximum Gasteiger partial charge on any atom is 0.187 e. The van der Waals surface area contributed by atoms with Crippen molar-refractivity contribution in [3.8, 4) is 0 Å². The molecule has 1 N–H and O–H groups in total. The van der Waals surface area contributed by atoms with Gasteiger partial charge in [-0.3, -0.25) is 0 Å². The number of rotatable bonds is 25. The number of benzene rings is 9. The standard InChI is InChI=1S/C87H88O21/c88-80-76(72(89-46-55-28-10-1-11-29-55)68-64(98-80)51-94-81(102-68)60-38-20-6-21-39-60)106-86-78(74(91-48-57-32-14-3-15-33-57)70-66(100-86)53-96-83(104-70)62-42-24-8-25-43-62)108-87-79(75(92-49-58-34-16-4-17-35-58)71-67(101-87)54-97-84(105-71)63-44-26-9-27-45-63)107-85-77(93-50-59-36-18-5-19-37-59)73(90-47-56-30-12-2-13-31-56)69-65(99-85)52-95-82(103-69)61-40-22-7-23-41-61/h1-45,64-88H,46-54H2/t64-,65-,66-,67-,68-,69-,70-,71-,72+,73+,74+,75+,76+,77+,78+,79+,80?,81?,82?,83?,84?,85?,86?,87?/m1/s1. The molecule has 21 nitrogen and oxygen atoms in total. The molecule has 8 fully saturated rings. The maximum absolute atomic E-state index is 12.7. The lowest BCUT2D eigenvalue weighted by atomic mass is 9.94. The van der Waals surface area contributed by atoms with Crippen LogP contribution in [0.5, 0.6) is 0 Å². The SMILES string of the molecule is OC1O[C@@H]2COC(c3ccccc3)O[C@H]2[C@H](OCc2ccccc2)[C@@H]1OC1O[C@@H]2COC(c3ccccc3)O[C@H]2[C@H](OCc2ccccc2)[C@@H]1OC1O[C@@H]2COC(c3ccccc3)O[C@H]2[C@H](OCc2ccccc2)[C@@H]1OC1O[C@@H]2COC(c3ccccc3)O[C@H]2[C@H](OCc2ccccc2)[C@@H]1OCc1ccccc1. The van der Waals surface area contributed by atoms with E-state index in [4.69, 9.17) is 94.7 Å². The van der Waals surface area contributed by atoms with Crippen LogP contribution < -0.4 is 0 Å². The van der Waals surface area contributed by atoms with Crippen molar-refractivity contribution in [2.45, 2.75) is 181 Å². The third-order valence-electron chi connectivity index (χ3n) is 20.7. The fourth-order valence-electron chi connectivity index (χ4n) is 15.3. The van der Waals surface area contributed by atoms with E-state index in [2.05, 4.69) is 0 Å². The Morgan fingerprint density at radius 3 is 0.722 bits per heavy atom. The molecule has 8 aliphatic rings. The third-order valence-corrected chi connectivity index (χ3v) is 20.7. The fourth-order valence-corrected chi connectivity index (χ4v) is 15.3. The van der Waals surface area contributed by atoms with E-state index in [0.29, 0.717) is 0 Å². The molecule has 9 aromatic carbocycles. The molecule has 0 bridgehead atoms. The molecule has 9 aromatic rings. The van der Waals surface area contributed by atoms with E-state index in [9.17, 15) is 5.11 Å². The quantitative estimate of drug-likeness (QED) is 0.0565. The van der Waals surface area contributed by atoms with Crippen molar-refractivity contribution < 1.29 is 99.8 Å². The predicted octanol–water partition coefficient (Wildman–Crippen LogP) is 12.4. The van der Waals surface area contributed by atoms with Gasteiger partial charge in [0.15, 0.2) is 50.3 Å². The molecule has 8 unspecified atom stereocenters. The van der Waals surface area contributed by atoms with Crippen LogP contribution in [0.25, 0.3) is 0 Å². The molecule has 108 heavy (non-hydrogen) atoms. The van der Waals surface area contributed by atoms with Gasteiger partial charge in [0.25, 0.3) is 0 Å². The second kappa shape index (κ2) is 35.0. The summed E-state index contributed by atoms with van der Waals surface area (Å²) >= 11 is 0. The molecule has 8 heterocycles. The van der Waals surface area contributed by atoms with Gasteiger partial charge in [-0.25, -0.2) is 0 Å². The topological polar surface area (TPSA) is 205 Å². The highest BCUT2D eigenvalue weighted by Crippen LogP contribution is 2.46. The summed E-state index contributed by atoms with van der Waals surface area (Å²) in [5.41, 5.74) is 7.54. The van der Waals surface area contributed by atoms with Crippen LogP contribution in [-0.4, -0.2) is 154 Å². The second-order valence-corrected chi connectivity index (χ2v) is 28.0. The van der Waals surface area contributed by atoms with Gasteiger partial charge in [-0.1, -0.05) is 273 Å². The average molecular weight is 1470 g/mol. The molecule has 8 saturated heterocycles. The normalized spacial score (nSPS) is 33.9. The Labute approximate surface area is 627 Å². The third kappa shape index (κ3) is 17.0. The molecule has 0 aliphatic carbocycles. The zero-order valence-corrected chi connectivity index (χ0v) is 59.3. The minimum absolute atomic E-state index is 0.0162. The monoisotopic (exact) mass is 1470 g/mol. The summed E-state index contributed by atoms with van der Waals surface area (Å²) in [6, 6.07) is 88.1. The Morgan fingerprint density at radius 1 is 0.231 bits per heavy atom. The van der Waals surface area contributed by atoms with Gasteiger partial charge in [-0.2, -0.15) is 0 Å². The fraction of sp³-hybridized carbons (Fsp3) is 0.379. The van der Waals surface area contributed by atoms with E-state index in [1.165, 1.54) is 0 Å². The van der Waals surface area contributed by atoms with Gasteiger partial charge in [-0.15, -0.1) is 0 Å². The van der Waals surface area contributed by atoms with Gasteiger partial charge in [-0.05, 0) is 27.8 Å². The van der Waals surface area contributed by atoms with Crippen molar-refractivity contribution in [2.75, 3.05) is 26.4 Å². The highest BCUT2D eigenvalue weighted by Gasteiger charge is 2.62. The Balaban J connectivity index is 0.793. The van der Waals surface area contributed by atoms with Crippen LogP contribution in [0, 0.1) is 0 Å². The van der Waals surface area contributed by atoms with Gasteiger partial charge in [0, 0.05) is 22.3 Å². The van der Waals surface area contributed by atoms with Crippen LogP contribution in [-0.2, 0) is 128 Å². The first-order valence-electron chi connectivity index (χ1n) is 37.2. The molecule has 0 radical (unpaired) electrons. The van der Waals surface area contributed by atoms with Crippen molar-refractivity contribution in [2.24, 2.45) is 0 Å². The van der Waals surface area contributed by atoms with Crippen molar-refractivity contribution in [3.63, 3.8) is 0 Å². The second-order valence-electron chi connectivity index (χ2n) is 28.0. The summed E-state index contributed by atoms with van der Waals surface area (Å²) in [7, 11) is 0. The lowest BCUT2D eigenvalue weighted by Crippen LogP contribution is -2.70. The summed E-state index contributed by atoms with van der Waals surface area (Å²) in [6.45, 7) is 0.720. The van der Waals surface area contributed by atoms with Crippen LogP contribution in [0.2, 0.25) is 0 Å². The first-order valence-corrected chi connectivity index (χ1v) is 37.2. The van der Waals surface area contributed by atoms with E-state index < -0.39 is 148 Å². The number of aliphatic hydroxyl groups is 1. The van der Waals surface area contributed by atoms with Crippen LogP contribution in [0.3, 0.4) is 0 Å². The Bertz CT molecular complexity index is 4180. The smallest absolute Gasteiger partial charge is 0.187 e. The minimum atomic E-state index is -1.65. The van der Waals surface area contributed by atoms with Crippen molar-refractivity contribution in [1.29, 1.82) is 0 Å². The first-order chi connectivity index (χ1) is 53.4. The van der Waals surface area contributed by atoms with Gasteiger partial charge in [0.05, 0.1) is 59.5 Å². The van der Waals surface area contributed by atoms with E-state index in [0.717, 1.165) is 50.1 Å². The van der Waals surface area contributed by atoms with Crippen LogP contribution in [0.1, 0.15) is 75.2 Å². The van der Waals surface area contributed by atoms with E-state index >= 15 is 0 Å². The van der Waals surface area contributed by atoms with Crippen molar-refractivity contribution in [1.82, 2.24) is 0 Å². The molecule has 24 atom stereocenters. The molecule has 0 saturated carbocycles. The summed E-state index contributed by atoms with van der Waals surface area (Å²) in [5, 5.41) is 12.7. The molecule has 562 valence electrons. The summed E-state index contributed by atoms with van der Waals surface area (Å²) in [6.07, 6.45) is -25.3. The summed E-state index contributed by atoms with van der Waals surface area (Å²) < 4.78 is 143. The van der Waals surface area contributed by atoms with Gasteiger partial charge in [0.1, 0.15) is 97.7 Å². The molecule has 0 aromatic heterocycles. The number of ether oxygens (including phenoxy) is 20. The highest BCUT2D eigenvalue weighted by molar-refractivity contribution is 5.23. The lowest BCUT2D eigenvalue weighted by molar-refractivity contribution is -0.439. The van der Waals surface area contributed by atoms with E-state index in [1.54, 1.807) is 0 Å². The van der Waals surface area contributed by atoms with Crippen molar-refractivity contribution >= 4 is 0 Å². The average Bonchev–Trinajstić information content (AvgIpc) is 0.749. The van der Waals surface area contributed by atoms with Crippen LogP contribution in [0.4, 0.5) is 0 Å². The zero-order valence-electron chi connectivity index (χ0n) is 59.3. The Morgan fingerprint density at radius 2 is 0.444 bits per heavy atom. The first kappa shape index (κ1) is 73.0. The number of aliphatic hydroxyl groups excluding tert-OH is 1. The molecular weight excluding hydrogens is 1380 g/mol. The highest BCUT2D eigenvalue weighted by atomic mass is 16.8. The molecule has 0 amide bonds. The number of hydrogen-bond acceptors (Lipinski definition) is 21. The molecule has 0 spiro atoms. The van der Waals surface area contributed by atoms with Gasteiger partial charge < -0.3 is 99.8 Å². The van der Waals surface area contributed by atoms with E-state index in [1.807, 2.05) is 273 Å². The van der Waals surface area contributed by atoms with E-state index in [-0.39, 0.29) is 59.5 Å². The Kier molecular flexibility index (Phi) is 23.7. The number of hydrogen-bond donors (Lipinski definition) is 1. The van der Waals surface area contributed by atoms with Crippen LogP contribution >= 0.6 is 0 Å². The van der Waals surface area contributed by atoms with Gasteiger partial charge >= 0.3 is 0 Å². The minimum Gasteiger partial charge on any atom is -0.368 e. The molecular formula is C87H88O21. The molecule has 17 rings (SSSR count). The van der Waals surface area contributed by atoms with Crippen LogP contribution in [0.15, 0.2) is 273 Å². The summed E-state index contributed by atoms with van der Waals surface area (Å²) in [5.74, 6) is 0. The van der Waals surface area contributed by atoms with Gasteiger partial charge in [0.2, 0.25) is 0 Å². The molecule has 8 aliphatic heterocycles. The summed E-state index contributed by atoms with van der Waals surface area (Å²) in [4.78, 5) is 0.